The Morgan fingerprint density at radius 3 is 2.69 bits per heavy atom. The molecule has 0 radical (unpaired) electrons. The van der Waals surface area contributed by atoms with Gasteiger partial charge in [0.2, 0.25) is 0 Å². The summed E-state index contributed by atoms with van der Waals surface area (Å²) in [6.07, 6.45) is 1.19. The highest BCUT2D eigenvalue weighted by molar-refractivity contribution is 5.71. The summed E-state index contributed by atoms with van der Waals surface area (Å²) >= 11 is 0. The van der Waals surface area contributed by atoms with Crippen molar-refractivity contribution in [3.63, 3.8) is 0 Å². The Balaban J connectivity index is 2.80. The number of carbonyl (C=O) groups is 1. The van der Waals surface area contributed by atoms with Crippen LogP contribution in [0.3, 0.4) is 0 Å². The van der Waals surface area contributed by atoms with Crippen LogP contribution < -0.4 is 0 Å². The molecule has 0 bridgehead atoms. The van der Waals surface area contributed by atoms with E-state index in [1.807, 2.05) is 6.92 Å². The summed E-state index contributed by atoms with van der Waals surface area (Å²) in [6, 6.07) is 0. The van der Waals surface area contributed by atoms with Gasteiger partial charge in [0.15, 0.2) is 0 Å². The van der Waals surface area contributed by atoms with Crippen molar-refractivity contribution in [2.75, 3.05) is 7.11 Å². The van der Waals surface area contributed by atoms with Gasteiger partial charge in [0.25, 0.3) is 0 Å². The summed E-state index contributed by atoms with van der Waals surface area (Å²) in [5, 5.41) is 0. The maximum Gasteiger partial charge on any atom is 0.308 e. The largest absolute Gasteiger partial charge is 0.462 e. The Labute approximate surface area is 79.4 Å². The number of cyclic esters (lactones) is 1. The van der Waals surface area contributed by atoms with Crippen molar-refractivity contribution < 1.29 is 14.3 Å². The van der Waals surface area contributed by atoms with Crippen LogP contribution in [0.1, 0.15) is 33.6 Å². The maximum absolute atomic E-state index is 11.2. The number of methoxy groups -OCH3 is 1. The second-order valence-electron chi connectivity index (χ2n) is 4.14. The van der Waals surface area contributed by atoms with E-state index in [1.54, 1.807) is 7.11 Å². The van der Waals surface area contributed by atoms with E-state index >= 15 is 0 Å². The molecule has 1 aliphatic heterocycles. The van der Waals surface area contributed by atoms with Crippen LogP contribution in [0.5, 0.6) is 0 Å². The highest BCUT2D eigenvalue weighted by atomic mass is 16.6. The van der Waals surface area contributed by atoms with Gasteiger partial charge in [0, 0.05) is 12.5 Å². The Morgan fingerprint density at radius 1 is 1.62 bits per heavy atom. The van der Waals surface area contributed by atoms with Gasteiger partial charge in [-0.3, -0.25) is 4.79 Å². The smallest absolute Gasteiger partial charge is 0.308 e. The van der Waals surface area contributed by atoms with E-state index in [9.17, 15) is 4.79 Å². The van der Waals surface area contributed by atoms with Crippen molar-refractivity contribution in [1.29, 1.82) is 0 Å². The number of esters is 1. The summed E-state index contributed by atoms with van der Waals surface area (Å²) in [5.41, 5.74) is -0.0720. The fraction of sp³-hybridized carbons (Fsp3) is 0.900. The molecule has 1 fully saturated rings. The number of hydrogen-bond donors (Lipinski definition) is 0. The SMILES string of the molecule is CCC1OC(=O)CC(OC)C1(C)C. The van der Waals surface area contributed by atoms with E-state index in [2.05, 4.69) is 13.8 Å². The number of carbonyl (C=O) groups excluding carboxylic acids is 1. The van der Waals surface area contributed by atoms with E-state index in [4.69, 9.17) is 9.47 Å². The molecule has 2 unspecified atom stereocenters. The average molecular weight is 186 g/mol. The van der Waals surface area contributed by atoms with Gasteiger partial charge in [-0.15, -0.1) is 0 Å². The van der Waals surface area contributed by atoms with Crippen molar-refractivity contribution in [2.45, 2.75) is 45.8 Å². The molecular formula is C10H18O3. The normalized spacial score (nSPS) is 32.8. The summed E-state index contributed by atoms with van der Waals surface area (Å²) in [7, 11) is 1.65. The van der Waals surface area contributed by atoms with Crippen LogP contribution >= 0.6 is 0 Å². The minimum Gasteiger partial charge on any atom is -0.462 e. The molecule has 1 aliphatic rings. The average Bonchev–Trinajstić information content (AvgIpc) is 2.08. The number of ether oxygens (including phenoxy) is 2. The summed E-state index contributed by atoms with van der Waals surface area (Å²) in [4.78, 5) is 11.2. The van der Waals surface area contributed by atoms with Gasteiger partial charge in [-0.2, -0.15) is 0 Å². The zero-order valence-corrected chi connectivity index (χ0v) is 8.79. The van der Waals surface area contributed by atoms with Crippen LogP contribution in [0.15, 0.2) is 0 Å². The molecule has 0 aromatic carbocycles. The minimum atomic E-state index is -0.141. The van der Waals surface area contributed by atoms with Crippen molar-refractivity contribution >= 4 is 5.97 Å². The van der Waals surface area contributed by atoms with E-state index in [0.717, 1.165) is 6.42 Å². The summed E-state index contributed by atoms with van der Waals surface area (Å²) < 4.78 is 10.6. The number of rotatable bonds is 2. The number of hydrogen-bond acceptors (Lipinski definition) is 3. The molecule has 0 N–H and O–H groups in total. The predicted octanol–water partition coefficient (Wildman–Crippen LogP) is 1.75. The van der Waals surface area contributed by atoms with Gasteiger partial charge in [-0.1, -0.05) is 20.8 Å². The van der Waals surface area contributed by atoms with E-state index in [0.29, 0.717) is 6.42 Å². The third kappa shape index (κ3) is 1.85. The molecule has 13 heavy (non-hydrogen) atoms. The van der Waals surface area contributed by atoms with Crippen LogP contribution in [0.25, 0.3) is 0 Å². The first-order valence-electron chi connectivity index (χ1n) is 4.74. The fourth-order valence-corrected chi connectivity index (χ4v) is 1.98. The van der Waals surface area contributed by atoms with Crippen molar-refractivity contribution in [1.82, 2.24) is 0 Å². The van der Waals surface area contributed by atoms with Crippen molar-refractivity contribution in [2.24, 2.45) is 5.41 Å². The zero-order chi connectivity index (χ0) is 10.1. The molecule has 2 atom stereocenters. The molecule has 1 rings (SSSR count). The van der Waals surface area contributed by atoms with Gasteiger partial charge >= 0.3 is 5.97 Å². The molecule has 0 spiro atoms. The molecule has 0 aromatic rings. The lowest BCUT2D eigenvalue weighted by Gasteiger charge is -2.42. The van der Waals surface area contributed by atoms with Gasteiger partial charge < -0.3 is 9.47 Å². The molecule has 0 aliphatic carbocycles. The quantitative estimate of drug-likeness (QED) is 0.616. The third-order valence-corrected chi connectivity index (χ3v) is 2.94. The van der Waals surface area contributed by atoms with Gasteiger partial charge in [-0.25, -0.2) is 0 Å². The minimum absolute atomic E-state index is 0.0151. The molecular weight excluding hydrogens is 168 g/mol. The molecule has 0 amide bonds. The van der Waals surface area contributed by atoms with Crippen LogP contribution in [0.2, 0.25) is 0 Å². The highest BCUT2D eigenvalue weighted by Gasteiger charge is 2.44. The third-order valence-electron chi connectivity index (χ3n) is 2.94. The molecule has 76 valence electrons. The van der Waals surface area contributed by atoms with E-state index < -0.39 is 0 Å². The predicted molar refractivity (Wildman–Crippen MR) is 49.4 cm³/mol. The maximum atomic E-state index is 11.2. The summed E-state index contributed by atoms with van der Waals surface area (Å²) in [5.74, 6) is -0.141. The highest BCUT2D eigenvalue weighted by Crippen LogP contribution is 2.37. The lowest BCUT2D eigenvalue weighted by molar-refractivity contribution is -0.183. The first-order valence-corrected chi connectivity index (χ1v) is 4.74. The standard InChI is InChI=1S/C10H18O3/c1-5-7-10(2,3)8(12-4)6-9(11)13-7/h7-8H,5-6H2,1-4H3. The molecule has 3 heteroatoms. The van der Waals surface area contributed by atoms with Gasteiger partial charge in [0.05, 0.1) is 12.5 Å². The first-order chi connectivity index (χ1) is 6.02. The monoisotopic (exact) mass is 186 g/mol. The fourth-order valence-electron chi connectivity index (χ4n) is 1.98. The van der Waals surface area contributed by atoms with Gasteiger partial charge in [-0.05, 0) is 6.42 Å². The van der Waals surface area contributed by atoms with Crippen molar-refractivity contribution in [3.05, 3.63) is 0 Å². The Bertz CT molecular complexity index is 180. The first kappa shape index (κ1) is 10.5. The zero-order valence-electron chi connectivity index (χ0n) is 8.79. The molecule has 1 heterocycles. The molecule has 3 nitrogen and oxygen atoms in total. The lowest BCUT2D eigenvalue weighted by Crippen LogP contribution is -2.49. The Morgan fingerprint density at radius 2 is 2.23 bits per heavy atom. The Kier molecular flexibility index (Phi) is 2.96. The second-order valence-corrected chi connectivity index (χ2v) is 4.14. The molecule has 0 saturated carbocycles. The van der Waals surface area contributed by atoms with Crippen LogP contribution in [0, 0.1) is 5.41 Å². The molecule has 1 saturated heterocycles. The van der Waals surface area contributed by atoms with Gasteiger partial charge in [0.1, 0.15) is 6.10 Å². The second kappa shape index (κ2) is 3.66. The topological polar surface area (TPSA) is 35.5 Å². The van der Waals surface area contributed by atoms with Crippen molar-refractivity contribution in [3.8, 4) is 0 Å². The van der Waals surface area contributed by atoms with E-state index in [-0.39, 0.29) is 23.6 Å². The van der Waals surface area contributed by atoms with Crippen LogP contribution in [0.4, 0.5) is 0 Å². The van der Waals surface area contributed by atoms with E-state index in [1.165, 1.54) is 0 Å². The lowest BCUT2D eigenvalue weighted by atomic mass is 9.76. The van der Waals surface area contributed by atoms with Crippen LogP contribution in [-0.4, -0.2) is 25.3 Å². The summed E-state index contributed by atoms with van der Waals surface area (Å²) in [6.45, 7) is 6.20. The molecule has 0 aromatic heterocycles. The van der Waals surface area contributed by atoms with Crippen LogP contribution in [-0.2, 0) is 14.3 Å². The Hall–Kier alpha value is -0.570.